The van der Waals surface area contributed by atoms with Crippen LogP contribution in [0.1, 0.15) is 17.3 Å². The number of nitro groups is 1. The number of thiazole rings is 1. The highest BCUT2D eigenvalue weighted by molar-refractivity contribution is 8.00. The molecule has 33 heavy (non-hydrogen) atoms. The van der Waals surface area contributed by atoms with Crippen molar-refractivity contribution < 1.29 is 14.5 Å². The van der Waals surface area contributed by atoms with Crippen molar-refractivity contribution in [3.05, 3.63) is 88.5 Å². The summed E-state index contributed by atoms with van der Waals surface area (Å²) in [6, 6.07) is 20.2. The van der Waals surface area contributed by atoms with Crippen LogP contribution in [0.15, 0.2) is 77.7 Å². The molecule has 4 rings (SSSR count). The van der Waals surface area contributed by atoms with Crippen LogP contribution in [-0.4, -0.2) is 27.0 Å². The van der Waals surface area contributed by atoms with Gasteiger partial charge in [0.05, 0.1) is 20.4 Å². The summed E-state index contributed by atoms with van der Waals surface area (Å²) in [4.78, 5) is 40.4. The Morgan fingerprint density at radius 1 is 1.00 bits per heavy atom. The number of aromatic nitrogens is 1. The van der Waals surface area contributed by atoms with Crippen molar-refractivity contribution in [1.82, 2.24) is 4.98 Å². The summed E-state index contributed by atoms with van der Waals surface area (Å²) < 4.78 is 1.01. The van der Waals surface area contributed by atoms with Crippen LogP contribution in [0.5, 0.6) is 0 Å². The van der Waals surface area contributed by atoms with E-state index in [1.807, 2.05) is 43.3 Å². The SMILES string of the molecule is CC(Sc1ccc(NC(=O)c2ccc([N+](=O)[O-])cc2)cc1)C(=O)Nc1nc2ccccc2s1. The number of para-hydroxylation sites is 1. The molecule has 1 unspecified atom stereocenters. The fourth-order valence-electron chi connectivity index (χ4n) is 2.94. The van der Waals surface area contributed by atoms with Gasteiger partial charge in [-0.2, -0.15) is 0 Å². The zero-order valence-corrected chi connectivity index (χ0v) is 19.0. The van der Waals surface area contributed by atoms with Crippen molar-refractivity contribution >= 4 is 61.6 Å². The number of nitro benzene ring substituents is 1. The van der Waals surface area contributed by atoms with Crippen molar-refractivity contribution in [2.24, 2.45) is 0 Å². The van der Waals surface area contributed by atoms with Gasteiger partial charge in [0.2, 0.25) is 5.91 Å². The molecule has 1 heterocycles. The molecule has 0 saturated carbocycles. The maximum Gasteiger partial charge on any atom is 0.269 e. The molecule has 2 N–H and O–H groups in total. The molecular formula is C23H18N4O4S2. The molecule has 4 aromatic rings. The highest BCUT2D eigenvalue weighted by atomic mass is 32.2. The normalized spacial score (nSPS) is 11.7. The molecule has 1 atom stereocenters. The molecule has 2 amide bonds. The molecule has 0 bridgehead atoms. The second-order valence-corrected chi connectivity index (χ2v) is 9.46. The van der Waals surface area contributed by atoms with E-state index in [4.69, 9.17) is 0 Å². The Morgan fingerprint density at radius 2 is 1.70 bits per heavy atom. The van der Waals surface area contributed by atoms with Crippen LogP contribution < -0.4 is 10.6 Å². The third-order valence-electron chi connectivity index (χ3n) is 4.66. The summed E-state index contributed by atoms with van der Waals surface area (Å²) in [5.41, 5.74) is 1.67. The Hall–Kier alpha value is -3.76. The van der Waals surface area contributed by atoms with Crippen LogP contribution in [0.2, 0.25) is 0 Å². The van der Waals surface area contributed by atoms with E-state index in [1.165, 1.54) is 47.4 Å². The predicted octanol–water partition coefficient (Wildman–Crippen LogP) is 5.58. The van der Waals surface area contributed by atoms with Gasteiger partial charge in [-0.1, -0.05) is 23.5 Å². The minimum absolute atomic E-state index is 0.0748. The summed E-state index contributed by atoms with van der Waals surface area (Å²) >= 11 is 2.83. The maximum atomic E-state index is 12.6. The lowest BCUT2D eigenvalue weighted by Gasteiger charge is -2.11. The number of amides is 2. The summed E-state index contributed by atoms with van der Waals surface area (Å²) in [5.74, 6) is -0.511. The second-order valence-electron chi connectivity index (χ2n) is 7.02. The van der Waals surface area contributed by atoms with Gasteiger partial charge in [-0.05, 0) is 55.5 Å². The number of fused-ring (bicyclic) bond motifs is 1. The lowest BCUT2D eigenvalue weighted by molar-refractivity contribution is -0.384. The molecule has 0 radical (unpaired) electrons. The number of non-ortho nitro benzene ring substituents is 1. The number of carbonyl (C=O) groups excluding carboxylic acids is 2. The van der Waals surface area contributed by atoms with E-state index < -0.39 is 4.92 Å². The summed E-state index contributed by atoms with van der Waals surface area (Å²) in [7, 11) is 0. The number of thioether (sulfide) groups is 1. The number of carbonyl (C=O) groups is 2. The monoisotopic (exact) mass is 478 g/mol. The molecular weight excluding hydrogens is 460 g/mol. The van der Waals surface area contributed by atoms with Crippen LogP contribution in [0.25, 0.3) is 10.2 Å². The number of nitrogens with zero attached hydrogens (tertiary/aromatic N) is 2. The van der Waals surface area contributed by atoms with Crippen LogP contribution in [-0.2, 0) is 4.79 Å². The zero-order valence-electron chi connectivity index (χ0n) is 17.3. The summed E-state index contributed by atoms with van der Waals surface area (Å²) in [6.07, 6.45) is 0. The van der Waals surface area contributed by atoms with Crippen molar-refractivity contribution in [1.29, 1.82) is 0 Å². The Labute approximate surface area is 197 Å². The van der Waals surface area contributed by atoms with Crippen molar-refractivity contribution in [2.75, 3.05) is 10.6 Å². The first-order valence-electron chi connectivity index (χ1n) is 9.88. The first kappa shape index (κ1) is 22.4. The largest absolute Gasteiger partial charge is 0.322 e. The van der Waals surface area contributed by atoms with Gasteiger partial charge >= 0.3 is 0 Å². The topological polar surface area (TPSA) is 114 Å². The molecule has 8 nitrogen and oxygen atoms in total. The van der Waals surface area contributed by atoms with E-state index in [2.05, 4.69) is 15.6 Å². The van der Waals surface area contributed by atoms with Crippen LogP contribution in [0.3, 0.4) is 0 Å². The predicted molar refractivity (Wildman–Crippen MR) is 131 cm³/mol. The van der Waals surface area contributed by atoms with Crippen molar-refractivity contribution in [2.45, 2.75) is 17.1 Å². The molecule has 10 heteroatoms. The van der Waals surface area contributed by atoms with E-state index in [9.17, 15) is 19.7 Å². The van der Waals surface area contributed by atoms with Gasteiger partial charge in [-0.25, -0.2) is 4.98 Å². The number of hydrogen-bond acceptors (Lipinski definition) is 7. The molecule has 0 aliphatic heterocycles. The third kappa shape index (κ3) is 5.54. The van der Waals surface area contributed by atoms with Gasteiger partial charge in [-0.3, -0.25) is 19.7 Å². The minimum Gasteiger partial charge on any atom is -0.322 e. The first-order chi connectivity index (χ1) is 15.9. The van der Waals surface area contributed by atoms with Gasteiger partial charge < -0.3 is 10.6 Å². The fourth-order valence-corrected chi connectivity index (χ4v) is 4.68. The lowest BCUT2D eigenvalue weighted by atomic mass is 10.2. The average Bonchev–Trinajstić information content (AvgIpc) is 3.22. The van der Waals surface area contributed by atoms with Crippen molar-refractivity contribution in [3.8, 4) is 0 Å². The lowest BCUT2D eigenvalue weighted by Crippen LogP contribution is -2.22. The van der Waals surface area contributed by atoms with Crippen LogP contribution >= 0.6 is 23.1 Å². The quantitative estimate of drug-likeness (QED) is 0.204. The number of benzene rings is 3. The first-order valence-corrected chi connectivity index (χ1v) is 11.6. The number of rotatable bonds is 7. The van der Waals surface area contributed by atoms with Crippen LogP contribution in [0.4, 0.5) is 16.5 Å². The molecule has 0 spiro atoms. The van der Waals surface area contributed by atoms with E-state index in [1.54, 1.807) is 12.1 Å². The molecule has 0 saturated heterocycles. The Bertz CT molecular complexity index is 1290. The van der Waals surface area contributed by atoms with Gasteiger partial charge in [0, 0.05) is 28.3 Å². The van der Waals surface area contributed by atoms with Gasteiger partial charge in [0.15, 0.2) is 5.13 Å². The number of anilines is 2. The number of nitrogens with one attached hydrogen (secondary N) is 2. The Balaban J connectivity index is 1.33. The Kier molecular flexibility index (Phi) is 6.66. The third-order valence-corrected chi connectivity index (χ3v) is 6.72. The maximum absolute atomic E-state index is 12.6. The smallest absolute Gasteiger partial charge is 0.269 e. The van der Waals surface area contributed by atoms with Gasteiger partial charge in [0.1, 0.15) is 0 Å². The highest BCUT2D eigenvalue weighted by Gasteiger charge is 2.17. The molecule has 1 aromatic heterocycles. The fraction of sp³-hybridized carbons (Fsp3) is 0.0870. The zero-order chi connectivity index (χ0) is 23.4. The molecule has 0 aliphatic rings. The van der Waals surface area contributed by atoms with Gasteiger partial charge in [-0.15, -0.1) is 11.8 Å². The minimum atomic E-state index is -0.516. The van der Waals surface area contributed by atoms with Gasteiger partial charge in [0.25, 0.3) is 11.6 Å². The molecule has 0 aliphatic carbocycles. The van der Waals surface area contributed by atoms with E-state index >= 15 is 0 Å². The standard InChI is InChI=1S/C23H18N4O4S2/c1-14(21(28)26-23-25-19-4-2-3-5-20(19)33-23)32-18-12-8-16(9-13-18)24-22(29)15-6-10-17(11-7-15)27(30)31/h2-14H,1H3,(H,24,29)(H,25,26,28). The molecule has 0 fully saturated rings. The Morgan fingerprint density at radius 3 is 2.36 bits per heavy atom. The second kappa shape index (κ2) is 9.80. The van der Waals surface area contributed by atoms with Crippen LogP contribution in [0, 0.1) is 10.1 Å². The number of hydrogen-bond donors (Lipinski definition) is 2. The van der Waals surface area contributed by atoms with E-state index in [-0.39, 0.29) is 22.8 Å². The summed E-state index contributed by atoms with van der Waals surface area (Å²) in [6.45, 7) is 1.82. The molecule has 166 valence electrons. The highest BCUT2D eigenvalue weighted by Crippen LogP contribution is 2.28. The van der Waals surface area contributed by atoms with E-state index in [0.29, 0.717) is 16.4 Å². The average molecular weight is 479 g/mol. The van der Waals surface area contributed by atoms with Crippen molar-refractivity contribution in [3.63, 3.8) is 0 Å². The van der Waals surface area contributed by atoms with E-state index in [0.717, 1.165) is 15.1 Å². The molecule has 3 aromatic carbocycles. The summed E-state index contributed by atoms with van der Waals surface area (Å²) in [5, 5.41) is 16.6.